The Bertz CT molecular complexity index is 334. The minimum Gasteiger partial charge on any atom is -0.365 e. The maximum Gasteiger partial charge on any atom is 0.246 e. The molecular formula is C10H17BN2O5. The highest BCUT2D eigenvalue weighted by Gasteiger charge is 2.17. The van der Waals surface area contributed by atoms with Gasteiger partial charge in [0.2, 0.25) is 11.8 Å². The lowest BCUT2D eigenvalue weighted by Crippen LogP contribution is -2.48. The summed E-state index contributed by atoms with van der Waals surface area (Å²) in [5.41, 5.74) is -0.187. The summed E-state index contributed by atoms with van der Waals surface area (Å²) >= 11 is 0. The Morgan fingerprint density at radius 1 is 1.22 bits per heavy atom. The van der Waals surface area contributed by atoms with E-state index in [0.29, 0.717) is 6.29 Å². The zero-order valence-electron chi connectivity index (χ0n) is 10.7. The van der Waals surface area contributed by atoms with Gasteiger partial charge >= 0.3 is 0 Å². The summed E-state index contributed by atoms with van der Waals surface area (Å²) in [6.07, 6.45) is 0.586. The maximum absolute atomic E-state index is 11.5. The van der Waals surface area contributed by atoms with Crippen molar-refractivity contribution >= 4 is 31.6 Å². The van der Waals surface area contributed by atoms with Crippen LogP contribution in [0.15, 0.2) is 0 Å². The first kappa shape index (κ1) is 16.3. The van der Waals surface area contributed by atoms with Crippen LogP contribution in [-0.2, 0) is 23.9 Å². The lowest BCUT2D eigenvalue weighted by Gasteiger charge is -2.15. The Morgan fingerprint density at radius 3 is 2.33 bits per heavy atom. The standard InChI is InChI=1S/C10H17BN2O5/c1-6(3-14)12-10(17)7(2)13-9(16)5-18-4-8(11)15/h3,6-7H,4-5,11H2,1-2H3,(H,12,17)(H,13,16). The van der Waals surface area contributed by atoms with Crippen LogP contribution in [0, 0.1) is 0 Å². The zero-order chi connectivity index (χ0) is 14.1. The summed E-state index contributed by atoms with van der Waals surface area (Å²) < 4.78 is 4.79. The fourth-order valence-electron chi connectivity index (χ4n) is 1.02. The molecule has 18 heavy (non-hydrogen) atoms. The first-order valence-electron chi connectivity index (χ1n) is 5.49. The van der Waals surface area contributed by atoms with Crippen LogP contribution in [0.3, 0.4) is 0 Å². The molecule has 2 N–H and O–H groups in total. The van der Waals surface area contributed by atoms with Crippen molar-refractivity contribution in [2.45, 2.75) is 25.9 Å². The maximum atomic E-state index is 11.5. The van der Waals surface area contributed by atoms with Crippen molar-refractivity contribution in [3.63, 3.8) is 0 Å². The van der Waals surface area contributed by atoms with E-state index in [4.69, 9.17) is 4.74 Å². The van der Waals surface area contributed by atoms with Crippen LogP contribution < -0.4 is 10.6 Å². The van der Waals surface area contributed by atoms with E-state index in [9.17, 15) is 19.2 Å². The van der Waals surface area contributed by atoms with E-state index >= 15 is 0 Å². The van der Waals surface area contributed by atoms with Gasteiger partial charge in [-0.1, -0.05) is 0 Å². The van der Waals surface area contributed by atoms with Gasteiger partial charge in [-0.25, -0.2) is 0 Å². The topological polar surface area (TPSA) is 102 Å². The highest BCUT2D eigenvalue weighted by molar-refractivity contribution is 6.58. The molecule has 0 aliphatic carbocycles. The molecule has 0 aromatic rings. The van der Waals surface area contributed by atoms with Crippen molar-refractivity contribution in [3.8, 4) is 0 Å². The van der Waals surface area contributed by atoms with Gasteiger partial charge in [-0.15, -0.1) is 0 Å². The van der Waals surface area contributed by atoms with Crippen molar-refractivity contribution in [2.24, 2.45) is 0 Å². The number of carbonyl (C=O) groups excluding carboxylic acids is 4. The average molecular weight is 256 g/mol. The van der Waals surface area contributed by atoms with Crippen LogP contribution in [0.5, 0.6) is 0 Å². The number of hydrogen-bond donors (Lipinski definition) is 2. The van der Waals surface area contributed by atoms with Crippen molar-refractivity contribution < 1.29 is 23.9 Å². The Kier molecular flexibility index (Phi) is 7.61. The minimum absolute atomic E-state index is 0.143. The summed E-state index contributed by atoms with van der Waals surface area (Å²) in [5.74, 6) is -0.966. The zero-order valence-corrected chi connectivity index (χ0v) is 10.7. The van der Waals surface area contributed by atoms with Crippen molar-refractivity contribution in [3.05, 3.63) is 0 Å². The number of amides is 2. The monoisotopic (exact) mass is 256 g/mol. The van der Waals surface area contributed by atoms with E-state index in [-0.39, 0.29) is 18.9 Å². The molecule has 0 aliphatic heterocycles. The minimum atomic E-state index is -0.777. The number of carbonyl (C=O) groups is 4. The summed E-state index contributed by atoms with van der Waals surface area (Å²) in [6, 6.07) is -1.38. The molecule has 0 saturated carbocycles. The molecule has 100 valence electrons. The van der Waals surface area contributed by atoms with Crippen molar-refractivity contribution in [2.75, 3.05) is 13.2 Å². The lowest BCUT2D eigenvalue weighted by molar-refractivity contribution is -0.132. The Balaban J connectivity index is 3.95. The van der Waals surface area contributed by atoms with Crippen molar-refractivity contribution in [1.29, 1.82) is 0 Å². The third kappa shape index (κ3) is 7.56. The Morgan fingerprint density at radius 2 is 1.83 bits per heavy atom. The third-order valence-corrected chi connectivity index (χ3v) is 1.88. The molecule has 0 fully saturated rings. The van der Waals surface area contributed by atoms with Gasteiger partial charge in [-0.2, -0.15) is 0 Å². The molecule has 8 heteroatoms. The summed E-state index contributed by atoms with van der Waals surface area (Å²) in [5, 5.41) is 4.77. The van der Waals surface area contributed by atoms with Crippen molar-refractivity contribution in [1.82, 2.24) is 10.6 Å². The molecule has 0 spiro atoms. The molecule has 0 radical (unpaired) electrons. The normalized spacial score (nSPS) is 13.2. The third-order valence-electron chi connectivity index (χ3n) is 1.88. The van der Waals surface area contributed by atoms with Crippen LogP contribution in [-0.4, -0.2) is 56.9 Å². The van der Waals surface area contributed by atoms with Crippen LogP contribution in [0.4, 0.5) is 0 Å². The van der Waals surface area contributed by atoms with E-state index in [1.807, 2.05) is 0 Å². The first-order chi connectivity index (χ1) is 8.36. The molecule has 0 heterocycles. The van der Waals surface area contributed by atoms with Gasteiger partial charge in [0.05, 0.1) is 12.6 Å². The number of nitrogens with one attached hydrogen (secondary N) is 2. The number of rotatable bonds is 8. The number of ether oxygens (including phenoxy) is 1. The largest absolute Gasteiger partial charge is 0.365 e. The van der Waals surface area contributed by atoms with Crippen LogP contribution in [0.25, 0.3) is 0 Å². The SMILES string of the molecule is BC(=O)COCC(=O)NC(C)C(=O)NC(C)C=O. The summed E-state index contributed by atoms with van der Waals surface area (Å²) in [7, 11) is 1.34. The second-order valence-electron chi connectivity index (χ2n) is 3.92. The molecule has 0 saturated heterocycles. The molecule has 0 bridgehead atoms. The fraction of sp³-hybridized carbons (Fsp3) is 0.600. The molecule has 0 aliphatic rings. The van der Waals surface area contributed by atoms with Crippen LogP contribution in [0.2, 0.25) is 0 Å². The average Bonchev–Trinajstić information content (AvgIpc) is 2.27. The molecule has 2 unspecified atom stereocenters. The first-order valence-corrected chi connectivity index (χ1v) is 5.49. The molecular weight excluding hydrogens is 239 g/mol. The quantitative estimate of drug-likeness (QED) is 0.365. The number of aldehydes is 1. The molecule has 7 nitrogen and oxygen atoms in total. The molecule has 0 aromatic carbocycles. The summed E-state index contributed by atoms with van der Waals surface area (Å²) in [6.45, 7) is 2.57. The Labute approximate surface area is 106 Å². The van der Waals surface area contributed by atoms with Gasteiger partial charge in [0.15, 0.2) is 7.85 Å². The van der Waals surface area contributed by atoms with Gasteiger partial charge in [0.1, 0.15) is 24.6 Å². The van der Waals surface area contributed by atoms with E-state index in [0.717, 1.165) is 0 Å². The van der Waals surface area contributed by atoms with Gasteiger partial charge in [0, 0.05) is 0 Å². The number of hydrogen-bond acceptors (Lipinski definition) is 5. The molecule has 0 rings (SSSR count). The van der Waals surface area contributed by atoms with Gasteiger partial charge in [-0.3, -0.25) is 9.59 Å². The van der Waals surface area contributed by atoms with Gasteiger partial charge in [-0.05, 0) is 13.8 Å². The summed E-state index contributed by atoms with van der Waals surface area (Å²) in [4.78, 5) is 43.6. The molecule has 2 atom stereocenters. The van der Waals surface area contributed by atoms with Crippen LogP contribution >= 0.6 is 0 Å². The fourth-order valence-corrected chi connectivity index (χ4v) is 1.02. The van der Waals surface area contributed by atoms with E-state index in [1.165, 1.54) is 21.7 Å². The second kappa shape index (κ2) is 8.40. The van der Waals surface area contributed by atoms with Crippen LogP contribution in [0.1, 0.15) is 13.8 Å². The molecule has 2 amide bonds. The Hall–Kier alpha value is -1.70. The smallest absolute Gasteiger partial charge is 0.246 e. The van der Waals surface area contributed by atoms with E-state index in [1.54, 1.807) is 0 Å². The van der Waals surface area contributed by atoms with E-state index < -0.39 is 23.9 Å². The lowest BCUT2D eigenvalue weighted by atomic mass is 10.1. The van der Waals surface area contributed by atoms with E-state index in [2.05, 4.69) is 10.6 Å². The second-order valence-corrected chi connectivity index (χ2v) is 3.92. The highest BCUT2D eigenvalue weighted by atomic mass is 16.5. The van der Waals surface area contributed by atoms with Gasteiger partial charge < -0.3 is 25.0 Å². The predicted molar refractivity (Wildman–Crippen MR) is 65.6 cm³/mol. The predicted octanol–water partition coefficient (Wildman–Crippen LogP) is -2.63. The van der Waals surface area contributed by atoms with Gasteiger partial charge in [0.25, 0.3) is 0 Å². The molecule has 0 aromatic heterocycles. The highest BCUT2D eigenvalue weighted by Crippen LogP contribution is 1.86.